The average Bonchev–Trinajstić information content (AvgIpc) is 2.61. The molecule has 0 saturated carbocycles. The summed E-state index contributed by atoms with van der Waals surface area (Å²) in [4.78, 5) is 33.1. The number of carbonyl (C=O) groups excluding carboxylic acids is 2. The van der Waals surface area contributed by atoms with E-state index < -0.39 is 0 Å². The summed E-state index contributed by atoms with van der Waals surface area (Å²) in [5, 5.41) is 2.86. The molecule has 0 unspecified atom stereocenters. The number of aromatic nitrogens is 1. The number of likely N-dealkylation sites (N-methyl/N-ethyl adjacent to an activating group) is 1. The first-order valence-electron chi connectivity index (χ1n) is 8.78. The van der Waals surface area contributed by atoms with Gasteiger partial charge < -0.3 is 15.1 Å². The van der Waals surface area contributed by atoms with Gasteiger partial charge >= 0.3 is 0 Å². The third kappa shape index (κ3) is 5.03. The molecule has 1 saturated heterocycles. The minimum Gasteiger partial charge on any atom is -0.351 e. The van der Waals surface area contributed by atoms with Crippen molar-refractivity contribution >= 4 is 11.8 Å². The molecule has 1 aromatic heterocycles. The zero-order valence-corrected chi connectivity index (χ0v) is 14.9. The van der Waals surface area contributed by atoms with Gasteiger partial charge in [-0.05, 0) is 31.0 Å². The Morgan fingerprint density at radius 3 is 2.46 bits per heavy atom. The van der Waals surface area contributed by atoms with Crippen molar-refractivity contribution in [2.24, 2.45) is 5.92 Å². The Hall–Kier alpha value is -1.95. The molecule has 2 heterocycles. The van der Waals surface area contributed by atoms with Crippen molar-refractivity contribution in [2.75, 3.05) is 39.3 Å². The van der Waals surface area contributed by atoms with Crippen molar-refractivity contribution in [1.82, 2.24) is 20.1 Å². The average molecular weight is 332 g/mol. The number of pyridine rings is 1. The van der Waals surface area contributed by atoms with Crippen LogP contribution in [0.15, 0.2) is 18.2 Å². The second-order valence-electron chi connectivity index (χ2n) is 6.57. The van der Waals surface area contributed by atoms with Crippen molar-refractivity contribution in [3.8, 4) is 0 Å². The molecule has 6 nitrogen and oxygen atoms in total. The molecule has 0 aromatic carbocycles. The minimum atomic E-state index is -0.221. The van der Waals surface area contributed by atoms with Gasteiger partial charge in [-0.25, -0.2) is 4.98 Å². The molecule has 0 bridgehead atoms. The Labute approximate surface area is 144 Å². The number of hydrogen-bond acceptors (Lipinski definition) is 4. The monoisotopic (exact) mass is 332 g/mol. The number of rotatable bonds is 6. The summed E-state index contributed by atoms with van der Waals surface area (Å²) in [5.41, 5.74) is 0.647. The van der Waals surface area contributed by atoms with Crippen LogP contribution in [-0.4, -0.2) is 65.9 Å². The van der Waals surface area contributed by atoms with E-state index in [9.17, 15) is 9.59 Å². The smallest absolute Gasteiger partial charge is 0.272 e. The molecule has 132 valence electrons. The van der Waals surface area contributed by atoms with E-state index in [4.69, 9.17) is 0 Å². The van der Waals surface area contributed by atoms with Crippen molar-refractivity contribution in [3.63, 3.8) is 0 Å². The zero-order chi connectivity index (χ0) is 17.5. The Balaban J connectivity index is 1.96. The highest BCUT2D eigenvalue weighted by Gasteiger charge is 2.22. The first kappa shape index (κ1) is 18.4. The highest BCUT2D eigenvalue weighted by Crippen LogP contribution is 2.08. The van der Waals surface area contributed by atoms with E-state index in [1.54, 1.807) is 18.2 Å². The fourth-order valence-electron chi connectivity index (χ4n) is 2.67. The first-order valence-corrected chi connectivity index (χ1v) is 8.78. The number of piperazine rings is 1. The predicted octanol–water partition coefficient (Wildman–Crippen LogP) is 1.64. The van der Waals surface area contributed by atoms with Crippen LogP contribution in [0.25, 0.3) is 0 Å². The van der Waals surface area contributed by atoms with Gasteiger partial charge in [0.2, 0.25) is 0 Å². The van der Waals surface area contributed by atoms with Gasteiger partial charge in [-0.15, -0.1) is 0 Å². The molecular formula is C18H28N4O2. The molecule has 0 spiro atoms. The molecule has 1 N–H and O–H groups in total. The summed E-state index contributed by atoms with van der Waals surface area (Å²) in [6.45, 7) is 11.2. The molecule has 1 aliphatic rings. The lowest BCUT2D eigenvalue weighted by Gasteiger charge is -2.33. The van der Waals surface area contributed by atoms with E-state index in [0.29, 0.717) is 36.9 Å². The standard InChI is InChI=1S/C18H28N4O2/c1-4-21-10-12-22(13-11-21)18(24)16-7-5-6-15(20-16)17(23)19-9-8-14(2)3/h5-7,14H,4,8-13H2,1-3H3,(H,19,23). The minimum absolute atomic E-state index is 0.0948. The lowest BCUT2D eigenvalue weighted by Crippen LogP contribution is -2.48. The van der Waals surface area contributed by atoms with Crippen LogP contribution in [0.5, 0.6) is 0 Å². The Kier molecular flexibility index (Phi) is 6.73. The fourth-order valence-corrected chi connectivity index (χ4v) is 2.67. The third-order valence-electron chi connectivity index (χ3n) is 4.31. The second kappa shape index (κ2) is 8.78. The Bertz CT molecular complexity index is 566. The van der Waals surface area contributed by atoms with Gasteiger partial charge in [0.1, 0.15) is 11.4 Å². The van der Waals surface area contributed by atoms with Gasteiger partial charge in [-0.2, -0.15) is 0 Å². The third-order valence-corrected chi connectivity index (χ3v) is 4.31. The highest BCUT2D eigenvalue weighted by atomic mass is 16.2. The fraction of sp³-hybridized carbons (Fsp3) is 0.611. The van der Waals surface area contributed by atoms with Crippen molar-refractivity contribution in [1.29, 1.82) is 0 Å². The lowest BCUT2D eigenvalue weighted by atomic mass is 10.1. The van der Waals surface area contributed by atoms with Crippen LogP contribution in [0.4, 0.5) is 0 Å². The van der Waals surface area contributed by atoms with Crippen LogP contribution < -0.4 is 5.32 Å². The summed E-state index contributed by atoms with van der Waals surface area (Å²) in [6.07, 6.45) is 0.923. The molecule has 0 aliphatic carbocycles. The quantitative estimate of drug-likeness (QED) is 0.860. The van der Waals surface area contributed by atoms with Crippen LogP contribution in [0.3, 0.4) is 0 Å². The largest absolute Gasteiger partial charge is 0.351 e. The SMILES string of the molecule is CCN1CCN(C(=O)c2cccc(C(=O)NCCC(C)C)n2)CC1. The maximum atomic E-state index is 12.6. The zero-order valence-electron chi connectivity index (χ0n) is 14.9. The molecule has 1 fully saturated rings. The maximum Gasteiger partial charge on any atom is 0.272 e. The summed E-state index contributed by atoms with van der Waals surface area (Å²) in [7, 11) is 0. The summed E-state index contributed by atoms with van der Waals surface area (Å²) in [6, 6.07) is 5.05. The van der Waals surface area contributed by atoms with E-state index in [0.717, 1.165) is 26.1 Å². The molecule has 24 heavy (non-hydrogen) atoms. The highest BCUT2D eigenvalue weighted by molar-refractivity contribution is 5.96. The Morgan fingerprint density at radius 2 is 1.83 bits per heavy atom. The van der Waals surface area contributed by atoms with E-state index in [1.807, 2.05) is 4.90 Å². The number of amides is 2. The van der Waals surface area contributed by atoms with E-state index >= 15 is 0 Å². The number of carbonyl (C=O) groups is 2. The van der Waals surface area contributed by atoms with Crippen molar-refractivity contribution in [2.45, 2.75) is 27.2 Å². The van der Waals surface area contributed by atoms with Crippen molar-refractivity contribution < 1.29 is 9.59 Å². The van der Waals surface area contributed by atoms with Gasteiger partial charge in [0.25, 0.3) is 11.8 Å². The first-order chi connectivity index (χ1) is 11.5. The van der Waals surface area contributed by atoms with Crippen LogP contribution >= 0.6 is 0 Å². The van der Waals surface area contributed by atoms with Gasteiger partial charge in [0.05, 0.1) is 0 Å². The normalized spacial score (nSPS) is 15.6. The van der Waals surface area contributed by atoms with Gasteiger partial charge in [-0.3, -0.25) is 9.59 Å². The van der Waals surface area contributed by atoms with Crippen LogP contribution in [0, 0.1) is 5.92 Å². The van der Waals surface area contributed by atoms with E-state index in [-0.39, 0.29) is 11.8 Å². The summed E-state index contributed by atoms with van der Waals surface area (Å²) >= 11 is 0. The molecule has 0 radical (unpaired) electrons. The van der Waals surface area contributed by atoms with E-state index in [2.05, 4.69) is 36.0 Å². The number of hydrogen-bond donors (Lipinski definition) is 1. The molecule has 2 amide bonds. The molecular weight excluding hydrogens is 304 g/mol. The van der Waals surface area contributed by atoms with E-state index in [1.165, 1.54) is 0 Å². The Morgan fingerprint density at radius 1 is 1.17 bits per heavy atom. The predicted molar refractivity (Wildman–Crippen MR) is 94.0 cm³/mol. The van der Waals surface area contributed by atoms with Gasteiger partial charge in [-0.1, -0.05) is 26.8 Å². The van der Waals surface area contributed by atoms with Crippen LogP contribution in [0.1, 0.15) is 48.2 Å². The number of nitrogens with zero attached hydrogens (tertiary/aromatic N) is 3. The maximum absolute atomic E-state index is 12.6. The van der Waals surface area contributed by atoms with Crippen LogP contribution in [0.2, 0.25) is 0 Å². The summed E-state index contributed by atoms with van der Waals surface area (Å²) < 4.78 is 0. The molecule has 2 rings (SSSR count). The molecule has 1 aliphatic heterocycles. The summed E-state index contributed by atoms with van der Waals surface area (Å²) in [5.74, 6) is 0.219. The van der Waals surface area contributed by atoms with Crippen molar-refractivity contribution in [3.05, 3.63) is 29.6 Å². The van der Waals surface area contributed by atoms with Gasteiger partial charge in [0, 0.05) is 32.7 Å². The lowest BCUT2D eigenvalue weighted by molar-refractivity contribution is 0.0637. The molecule has 1 aromatic rings. The number of nitrogens with one attached hydrogen (secondary N) is 1. The van der Waals surface area contributed by atoms with Gasteiger partial charge in [0.15, 0.2) is 0 Å². The van der Waals surface area contributed by atoms with Crippen LogP contribution in [-0.2, 0) is 0 Å². The second-order valence-corrected chi connectivity index (χ2v) is 6.57. The molecule has 6 heteroatoms. The molecule has 0 atom stereocenters. The topological polar surface area (TPSA) is 65.5 Å².